The summed E-state index contributed by atoms with van der Waals surface area (Å²) in [5.41, 5.74) is 17.7. The van der Waals surface area contributed by atoms with Gasteiger partial charge < -0.3 is 19.3 Å². The van der Waals surface area contributed by atoms with Gasteiger partial charge in [0.05, 0.1) is 11.4 Å². The summed E-state index contributed by atoms with van der Waals surface area (Å²) in [5.74, 6) is 1.67. The van der Waals surface area contributed by atoms with Crippen LogP contribution in [0, 0.1) is 20.8 Å². The maximum atomic E-state index is 6.17. The van der Waals surface area contributed by atoms with E-state index in [0.717, 1.165) is 17.1 Å². The van der Waals surface area contributed by atoms with Crippen LogP contribution in [0.3, 0.4) is 0 Å². The Morgan fingerprint density at radius 1 is 0.611 bits per heavy atom. The fourth-order valence-corrected chi connectivity index (χ4v) is 10.2. The Labute approximate surface area is 325 Å². The average molecular weight is 731 g/mol. The molecule has 1 aromatic heterocycles. The Morgan fingerprint density at radius 3 is 1.89 bits per heavy atom. The lowest BCUT2D eigenvalue weighted by atomic mass is 9.36. The van der Waals surface area contributed by atoms with Crippen LogP contribution < -0.4 is 35.0 Å². The number of hydrogen-bond acceptors (Lipinski definition) is 5. The van der Waals surface area contributed by atoms with Gasteiger partial charge in [-0.25, -0.2) is 0 Å². The number of aryl methyl sites for hydroxylation is 2. The molecule has 6 heteroatoms. The van der Waals surface area contributed by atoms with E-state index < -0.39 is 0 Å². The predicted molar refractivity (Wildman–Crippen MR) is 232 cm³/mol. The van der Waals surface area contributed by atoms with Gasteiger partial charge in [0.15, 0.2) is 11.5 Å². The quantitative estimate of drug-likeness (QED) is 0.165. The first-order valence-electron chi connectivity index (χ1n) is 19.4. The third-order valence-corrected chi connectivity index (χ3v) is 13.0. The lowest BCUT2D eigenvalue weighted by molar-refractivity contribution is 0.173. The van der Waals surface area contributed by atoms with Crippen LogP contribution in [0.15, 0.2) is 78.9 Å². The van der Waals surface area contributed by atoms with Crippen LogP contribution in [0.4, 0.5) is 34.1 Å². The number of anilines is 6. The number of hydrogen-bond donors (Lipinski definition) is 0. The van der Waals surface area contributed by atoms with Crippen molar-refractivity contribution in [2.45, 2.75) is 99.3 Å². The Morgan fingerprint density at radius 2 is 1.22 bits per heavy atom. The molecule has 0 saturated carbocycles. The van der Waals surface area contributed by atoms with Gasteiger partial charge in [0.2, 0.25) is 6.79 Å². The lowest BCUT2D eigenvalue weighted by Crippen LogP contribution is -2.60. The summed E-state index contributed by atoms with van der Waals surface area (Å²) in [6.45, 7) is 27.8. The molecule has 0 bridgehead atoms. The minimum absolute atomic E-state index is 0.00336. The minimum atomic E-state index is -0.00336. The van der Waals surface area contributed by atoms with Crippen LogP contribution in [0.2, 0.25) is 0 Å². The molecule has 6 aromatic rings. The van der Waals surface area contributed by atoms with Crippen molar-refractivity contribution in [1.82, 2.24) is 0 Å². The largest absolute Gasteiger partial charge is 0.454 e. The van der Waals surface area contributed by atoms with Crippen molar-refractivity contribution in [2.24, 2.45) is 0 Å². The number of nitrogens with zero attached hydrogens (tertiary/aromatic N) is 2. The van der Waals surface area contributed by atoms with Crippen LogP contribution in [-0.2, 0) is 16.2 Å². The second-order valence-electron chi connectivity index (χ2n) is 18.8. The van der Waals surface area contributed by atoms with Crippen LogP contribution in [0.5, 0.6) is 11.5 Å². The first kappa shape index (κ1) is 35.1. The first-order chi connectivity index (χ1) is 25.4. The summed E-state index contributed by atoms with van der Waals surface area (Å²) in [6.07, 6.45) is 0. The van der Waals surface area contributed by atoms with Gasteiger partial charge in [-0.1, -0.05) is 92.6 Å². The fraction of sp³-hybridized carbons (Fsp3) is 0.333. The van der Waals surface area contributed by atoms with E-state index in [4.69, 9.17) is 9.47 Å². The van der Waals surface area contributed by atoms with Crippen molar-refractivity contribution in [1.29, 1.82) is 0 Å². The molecule has 0 saturated heterocycles. The monoisotopic (exact) mass is 730 g/mol. The standard InChI is InChI=1S/C48H51BN2O2S/c1-27-21-37-41-38(22-27)51(42-28(2)23-39-44(29(42)3)53-26-52-39)43-34-24-31(47(7,8)9)16-20-40(34)54-45(43)49(41)35-25-32(48(10,11)12)15-19-36(35)50(37)33-17-13-30(14-18-33)46(4,5)6/h13-25H,26H2,1-12H3. The van der Waals surface area contributed by atoms with Gasteiger partial charge in [0.1, 0.15) is 0 Å². The molecule has 3 aliphatic rings. The zero-order chi connectivity index (χ0) is 38.2. The van der Waals surface area contributed by atoms with Gasteiger partial charge in [-0.15, -0.1) is 11.3 Å². The molecule has 3 aliphatic heterocycles. The van der Waals surface area contributed by atoms with Gasteiger partial charge >= 0.3 is 0 Å². The van der Waals surface area contributed by atoms with E-state index in [9.17, 15) is 0 Å². The second-order valence-corrected chi connectivity index (χ2v) is 19.9. The van der Waals surface area contributed by atoms with Crippen molar-refractivity contribution >= 4 is 78.0 Å². The van der Waals surface area contributed by atoms with Gasteiger partial charge in [-0.05, 0) is 124 Å². The topological polar surface area (TPSA) is 24.9 Å². The molecule has 9 rings (SSSR count). The molecule has 0 spiro atoms. The summed E-state index contributed by atoms with van der Waals surface area (Å²) >= 11 is 1.96. The smallest absolute Gasteiger partial charge is 0.264 e. The van der Waals surface area contributed by atoms with Gasteiger partial charge in [-0.3, -0.25) is 0 Å². The molecule has 0 aliphatic carbocycles. The van der Waals surface area contributed by atoms with E-state index >= 15 is 0 Å². The van der Waals surface area contributed by atoms with Crippen molar-refractivity contribution in [3.63, 3.8) is 0 Å². The molecule has 274 valence electrons. The zero-order valence-electron chi connectivity index (χ0n) is 33.9. The maximum absolute atomic E-state index is 6.17. The Hall–Kier alpha value is -4.68. The highest BCUT2D eigenvalue weighted by Crippen LogP contribution is 2.53. The maximum Gasteiger partial charge on any atom is 0.264 e. The molecule has 5 aromatic carbocycles. The summed E-state index contributed by atoms with van der Waals surface area (Å²) in [5, 5.41) is 1.31. The van der Waals surface area contributed by atoms with Crippen molar-refractivity contribution in [3.05, 3.63) is 112 Å². The van der Waals surface area contributed by atoms with Gasteiger partial charge in [0.25, 0.3) is 6.71 Å². The number of fused-ring (bicyclic) bond motifs is 7. The van der Waals surface area contributed by atoms with E-state index in [1.54, 1.807) is 0 Å². The summed E-state index contributed by atoms with van der Waals surface area (Å²) in [6, 6.07) is 30.7. The molecule has 0 unspecified atom stereocenters. The number of rotatable bonds is 2. The van der Waals surface area contributed by atoms with Crippen molar-refractivity contribution in [2.75, 3.05) is 16.6 Å². The highest BCUT2D eigenvalue weighted by molar-refractivity contribution is 7.33. The highest BCUT2D eigenvalue weighted by atomic mass is 32.1. The predicted octanol–water partition coefficient (Wildman–Crippen LogP) is 11.5. The molecular formula is C48H51BN2O2S. The molecule has 4 heterocycles. The molecule has 0 amide bonds. The molecule has 0 radical (unpaired) electrons. The third kappa shape index (κ3) is 5.23. The van der Waals surface area contributed by atoms with Crippen LogP contribution in [0.1, 0.15) is 95.7 Å². The minimum Gasteiger partial charge on any atom is -0.454 e. The highest BCUT2D eigenvalue weighted by Gasteiger charge is 2.46. The SMILES string of the molecule is Cc1cc2c3c(c1)N(c1c(C)cc4c(c1C)OCO4)c1c(sc4ccc(C(C)(C)C)cc14)B3c1cc(C(C)(C)C)ccc1N2c1ccc(C(C)(C)C)cc1. The van der Waals surface area contributed by atoms with E-state index in [2.05, 4.69) is 172 Å². The third-order valence-electron chi connectivity index (χ3n) is 11.8. The number of thiophene rings is 1. The van der Waals surface area contributed by atoms with Crippen LogP contribution in [-0.4, -0.2) is 13.5 Å². The molecular weight excluding hydrogens is 679 g/mol. The molecule has 4 nitrogen and oxygen atoms in total. The van der Waals surface area contributed by atoms with Gasteiger partial charge in [0, 0.05) is 43.2 Å². The van der Waals surface area contributed by atoms with E-state index in [-0.39, 0.29) is 29.8 Å². The molecule has 54 heavy (non-hydrogen) atoms. The Balaban J connectivity index is 1.41. The Bertz CT molecular complexity index is 2530. The summed E-state index contributed by atoms with van der Waals surface area (Å²) < 4.78 is 14.8. The average Bonchev–Trinajstić information content (AvgIpc) is 3.72. The van der Waals surface area contributed by atoms with E-state index in [0.29, 0.717) is 0 Å². The van der Waals surface area contributed by atoms with Crippen molar-refractivity contribution in [3.8, 4) is 11.5 Å². The van der Waals surface area contributed by atoms with E-state index in [1.807, 2.05) is 11.3 Å². The fourth-order valence-electron chi connectivity index (χ4n) is 8.88. The molecule has 0 atom stereocenters. The zero-order valence-corrected chi connectivity index (χ0v) is 34.7. The van der Waals surface area contributed by atoms with Crippen molar-refractivity contribution < 1.29 is 9.47 Å². The summed E-state index contributed by atoms with van der Waals surface area (Å²) in [4.78, 5) is 5.12. The summed E-state index contributed by atoms with van der Waals surface area (Å²) in [7, 11) is 0. The number of ether oxygens (including phenoxy) is 2. The van der Waals surface area contributed by atoms with Gasteiger partial charge in [-0.2, -0.15) is 0 Å². The van der Waals surface area contributed by atoms with E-state index in [1.165, 1.54) is 87.7 Å². The van der Waals surface area contributed by atoms with Crippen LogP contribution in [0.25, 0.3) is 10.1 Å². The van der Waals surface area contributed by atoms with Crippen LogP contribution >= 0.6 is 11.3 Å². The normalized spacial score (nSPS) is 14.8. The number of benzene rings is 5. The second kappa shape index (κ2) is 11.7. The Kier molecular flexibility index (Phi) is 7.57. The molecule has 0 N–H and O–H groups in total. The lowest BCUT2D eigenvalue weighted by Gasteiger charge is -2.44. The first-order valence-corrected chi connectivity index (χ1v) is 20.2. The molecule has 0 fully saturated rings.